The zero-order valence-corrected chi connectivity index (χ0v) is 18.1. The molecule has 7 nitrogen and oxygen atoms in total. The van der Waals surface area contributed by atoms with Crippen molar-refractivity contribution in [1.82, 2.24) is 5.32 Å². The third-order valence-electron chi connectivity index (χ3n) is 5.58. The number of ether oxygens (including phenoxy) is 1. The van der Waals surface area contributed by atoms with Gasteiger partial charge in [0.05, 0.1) is 4.90 Å². The highest BCUT2D eigenvalue weighted by Crippen LogP contribution is 2.44. The van der Waals surface area contributed by atoms with E-state index in [0.29, 0.717) is 5.56 Å². The first-order chi connectivity index (χ1) is 15.7. The van der Waals surface area contributed by atoms with Crippen LogP contribution in [-0.4, -0.2) is 38.2 Å². The molecule has 170 valence electrons. The first kappa shape index (κ1) is 22.5. The second-order valence-corrected chi connectivity index (χ2v) is 8.99. The van der Waals surface area contributed by atoms with E-state index >= 15 is 0 Å². The van der Waals surface area contributed by atoms with E-state index in [0.717, 1.165) is 34.4 Å². The molecule has 0 aromatic heterocycles. The van der Waals surface area contributed by atoms with Crippen molar-refractivity contribution in [2.45, 2.75) is 23.3 Å². The molecule has 1 amide bonds. The summed E-state index contributed by atoms with van der Waals surface area (Å²) in [5.41, 5.74) is 4.62. The summed E-state index contributed by atoms with van der Waals surface area (Å²) in [6, 6.07) is 19.0. The van der Waals surface area contributed by atoms with Crippen LogP contribution in [0.3, 0.4) is 0 Å². The Morgan fingerprint density at radius 1 is 0.939 bits per heavy atom. The van der Waals surface area contributed by atoms with Crippen LogP contribution in [0.4, 0.5) is 8.68 Å². The summed E-state index contributed by atoms with van der Waals surface area (Å²) in [7, 11) is -4.85. The van der Waals surface area contributed by atoms with Crippen LogP contribution in [0.2, 0.25) is 0 Å². The average Bonchev–Trinajstić information content (AvgIpc) is 3.11. The van der Waals surface area contributed by atoms with Crippen LogP contribution in [0.25, 0.3) is 11.1 Å². The molecule has 1 aliphatic rings. The molecule has 0 saturated carbocycles. The highest BCUT2D eigenvalue weighted by molar-refractivity contribution is 7.86. The van der Waals surface area contributed by atoms with Crippen LogP contribution in [0.5, 0.6) is 0 Å². The van der Waals surface area contributed by atoms with Gasteiger partial charge in [-0.05, 0) is 39.9 Å². The zero-order chi connectivity index (χ0) is 23.6. The number of halogens is 1. The predicted molar refractivity (Wildman–Crippen MR) is 118 cm³/mol. The monoisotopic (exact) mass is 469 g/mol. The molecule has 0 unspecified atom stereocenters. The highest BCUT2D eigenvalue weighted by Gasteiger charge is 2.29. The van der Waals surface area contributed by atoms with Crippen LogP contribution < -0.4 is 5.32 Å². The van der Waals surface area contributed by atoms with Crippen molar-refractivity contribution in [2.75, 3.05) is 6.61 Å². The normalized spacial score (nSPS) is 13.6. The lowest BCUT2D eigenvalue weighted by molar-refractivity contribution is -0.139. The smallest absolute Gasteiger partial charge is 0.407 e. The van der Waals surface area contributed by atoms with E-state index in [1.807, 2.05) is 48.5 Å². The zero-order valence-electron chi connectivity index (χ0n) is 17.3. The summed E-state index contributed by atoms with van der Waals surface area (Å²) in [4.78, 5) is 23.5. The van der Waals surface area contributed by atoms with Gasteiger partial charge in [-0.25, -0.2) is 9.59 Å². The van der Waals surface area contributed by atoms with Crippen molar-refractivity contribution < 1.29 is 31.7 Å². The first-order valence-electron chi connectivity index (χ1n) is 10.1. The molecule has 0 radical (unpaired) electrons. The second-order valence-electron chi connectivity index (χ2n) is 7.65. The Hall–Kier alpha value is -3.72. The molecule has 0 saturated heterocycles. The Kier molecular flexibility index (Phi) is 6.15. The fraction of sp³-hybridized carbons (Fsp3) is 0.167. The molecule has 33 heavy (non-hydrogen) atoms. The second kappa shape index (κ2) is 9.03. The summed E-state index contributed by atoms with van der Waals surface area (Å²) in [6.07, 6.45) is -1.02. The Morgan fingerprint density at radius 2 is 1.48 bits per heavy atom. The number of rotatable bonds is 7. The van der Waals surface area contributed by atoms with Crippen molar-refractivity contribution in [3.05, 3.63) is 89.5 Å². The van der Waals surface area contributed by atoms with Crippen LogP contribution >= 0.6 is 0 Å². The third-order valence-corrected chi connectivity index (χ3v) is 6.41. The van der Waals surface area contributed by atoms with Crippen LogP contribution in [-0.2, 0) is 26.2 Å². The standard InChI is InChI=1S/C24H20FNO6S/c25-33(30,31)16-11-9-15(10-12-16)13-22(23(27)28)26-24(29)32-14-21-19-7-3-1-5-17(19)18-6-2-4-8-20(18)21/h1-12,21-22H,13-14H2,(H,26,29)(H,27,28)/t22-/m0/s1. The van der Waals surface area contributed by atoms with E-state index in [2.05, 4.69) is 5.32 Å². The molecule has 0 heterocycles. The highest BCUT2D eigenvalue weighted by atomic mass is 32.3. The van der Waals surface area contributed by atoms with Gasteiger partial charge >= 0.3 is 22.3 Å². The number of fused-ring (bicyclic) bond motifs is 3. The molecule has 4 rings (SSSR count). The van der Waals surface area contributed by atoms with Crippen molar-refractivity contribution in [3.8, 4) is 11.1 Å². The minimum Gasteiger partial charge on any atom is -0.480 e. The lowest BCUT2D eigenvalue weighted by atomic mass is 9.98. The Bertz CT molecular complexity index is 1260. The van der Waals surface area contributed by atoms with Gasteiger partial charge in [0.1, 0.15) is 12.6 Å². The maximum atomic E-state index is 13.0. The number of aliphatic carboxylic acids is 1. The molecule has 1 atom stereocenters. The van der Waals surface area contributed by atoms with Gasteiger partial charge in [-0.2, -0.15) is 8.42 Å². The van der Waals surface area contributed by atoms with Crippen molar-refractivity contribution in [3.63, 3.8) is 0 Å². The van der Waals surface area contributed by atoms with E-state index in [1.54, 1.807) is 0 Å². The van der Waals surface area contributed by atoms with E-state index in [9.17, 15) is 27.0 Å². The number of amides is 1. The Balaban J connectivity index is 1.42. The Morgan fingerprint density at radius 3 is 2.00 bits per heavy atom. The molecule has 0 aliphatic heterocycles. The number of alkyl carbamates (subject to hydrolysis) is 1. The van der Waals surface area contributed by atoms with E-state index in [1.165, 1.54) is 12.1 Å². The maximum Gasteiger partial charge on any atom is 0.407 e. The van der Waals surface area contributed by atoms with Gasteiger partial charge in [0.25, 0.3) is 0 Å². The van der Waals surface area contributed by atoms with Crippen molar-refractivity contribution >= 4 is 22.3 Å². The molecule has 9 heteroatoms. The number of carbonyl (C=O) groups is 2. The minimum absolute atomic E-state index is 0.0370. The maximum absolute atomic E-state index is 13.0. The fourth-order valence-electron chi connectivity index (χ4n) is 4.01. The van der Waals surface area contributed by atoms with E-state index in [4.69, 9.17) is 4.74 Å². The van der Waals surface area contributed by atoms with Crippen LogP contribution in [0.15, 0.2) is 77.7 Å². The average molecular weight is 469 g/mol. The van der Waals surface area contributed by atoms with Gasteiger partial charge in [0.15, 0.2) is 0 Å². The number of carboxylic acid groups (broad SMARTS) is 1. The van der Waals surface area contributed by atoms with Crippen molar-refractivity contribution in [1.29, 1.82) is 0 Å². The number of benzene rings is 3. The molecule has 2 N–H and O–H groups in total. The van der Waals surface area contributed by atoms with Gasteiger partial charge in [-0.1, -0.05) is 60.7 Å². The number of nitrogens with one attached hydrogen (secondary N) is 1. The molecule has 0 fully saturated rings. The van der Waals surface area contributed by atoms with Gasteiger partial charge in [0.2, 0.25) is 0 Å². The summed E-state index contributed by atoms with van der Waals surface area (Å²) >= 11 is 0. The SMILES string of the molecule is O=C(N[C@@H](Cc1ccc(S(=O)(=O)F)cc1)C(=O)O)OCC1c2ccccc2-c2ccccc21. The molecular weight excluding hydrogens is 449 g/mol. The summed E-state index contributed by atoms with van der Waals surface area (Å²) in [5.74, 6) is -1.45. The van der Waals surface area contributed by atoms with Gasteiger partial charge in [-0.3, -0.25) is 0 Å². The molecule has 3 aromatic carbocycles. The summed E-state index contributed by atoms with van der Waals surface area (Å²) < 4.78 is 40.2. The lowest BCUT2D eigenvalue weighted by Crippen LogP contribution is -2.42. The number of carbonyl (C=O) groups excluding carboxylic acids is 1. The Labute approximate surface area is 190 Å². The van der Waals surface area contributed by atoms with Gasteiger partial charge in [0, 0.05) is 12.3 Å². The number of hydrogen-bond donors (Lipinski definition) is 2. The quantitative estimate of drug-likeness (QED) is 0.508. The molecule has 3 aromatic rings. The summed E-state index contributed by atoms with van der Waals surface area (Å²) in [6.45, 7) is 0.0370. The number of carboxylic acids is 1. The first-order valence-corrected chi connectivity index (χ1v) is 11.5. The molecule has 0 bridgehead atoms. The lowest BCUT2D eigenvalue weighted by Gasteiger charge is -2.17. The fourth-order valence-corrected chi connectivity index (χ4v) is 4.47. The van der Waals surface area contributed by atoms with Crippen LogP contribution in [0, 0.1) is 0 Å². The third kappa shape index (κ3) is 4.88. The number of hydrogen-bond acceptors (Lipinski definition) is 5. The molecule has 1 aliphatic carbocycles. The minimum atomic E-state index is -4.85. The van der Waals surface area contributed by atoms with Gasteiger partial charge in [-0.15, -0.1) is 3.89 Å². The molecule has 0 spiro atoms. The predicted octanol–water partition coefficient (Wildman–Crippen LogP) is 3.88. The van der Waals surface area contributed by atoms with E-state index < -0.39 is 33.2 Å². The molecular formula is C24H20FNO6S. The topological polar surface area (TPSA) is 110 Å². The summed E-state index contributed by atoms with van der Waals surface area (Å²) in [5, 5.41) is 11.8. The largest absolute Gasteiger partial charge is 0.480 e. The van der Waals surface area contributed by atoms with Crippen molar-refractivity contribution in [2.24, 2.45) is 0 Å². The van der Waals surface area contributed by atoms with Crippen LogP contribution in [0.1, 0.15) is 22.6 Å². The van der Waals surface area contributed by atoms with Gasteiger partial charge < -0.3 is 15.2 Å². The van der Waals surface area contributed by atoms with E-state index in [-0.39, 0.29) is 18.9 Å².